The monoisotopic (exact) mass is 344 g/mol. The summed E-state index contributed by atoms with van der Waals surface area (Å²) in [4.78, 5) is 28.8. The van der Waals surface area contributed by atoms with E-state index in [1.165, 1.54) is 4.90 Å². The van der Waals surface area contributed by atoms with Crippen LogP contribution in [0.4, 0.5) is 0 Å². The minimum Gasteiger partial charge on any atom is -0.481 e. The number of nitrogens with zero attached hydrogens (tertiary/aromatic N) is 1. The van der Waals surface area contributed by atoms with Crippen molar-refractivity contribution >= 4 is 22.8 Å². The van der Waals surface area contributed by atoms with E-state index in [1.807, 2.05) is 31.2 Å². The van der Waals surface area contributed by atoms with E-state index in [-0.39, 0.29) is 18.7 Å². The SMILES string of the molecule is CN(C)C(=O)CCC(C(=O)O)C1(C)OCCc2c1[nH]c1ccccc21. The highest BCUT2D eigenvalue weighted by Crippen LogP contribution is 2.43. The highest BCUT2D eigenvalue weighted by Gasteiger charge is 2.46. The van der Waals surface area contributed by atoms with E-state index in [1.54, 1.807) is 14.1 Å². The number of amides is 1. The summed E-state index contributed by atoms with van der Waals surface area (Å²) in [5.41, 5.74) is 1.95. The van der Waals surface area contributed by atoms with Crippen LogP contribution in [0.25, 0.3) is 10.9 Å². The number of carboxylic acid groups (broad SMARTS) is 1. The number of carbonyl (C=O) groups is 2. The Bertz CT molecular complexity index is 811. The number of nitrogens with one attached hydrogen (secondary N) is 1. The van der Waals surface area contributed by atoms with Crippen molar-refractivity contribution in [1.82, 2.24) is 9.88 Å². The molecule has 2 aromatic rings. The molecule has 1 aliphatic heterocycles. The van der Waals surface area contributed by atoms with Gasteiger partial charge in [-0.1, -0.05) is 18.2 Å². The smallest absolute Gasteiger partial charge is 0.309 e. The normalized spacial score (nSPS) is 20.9. The van der Waals surface area contributed by atoms with Gasteiger partial charge in [-0.2, -0.15) is 0 Å². The molecule has 0 aliphatic carbocycles. The molecule has 3 rings (SSSR count). The van der Waals surface area contributed by atoms with Crippen LogP contribution < -0.4 is 0 Å². The molecular weight excluding hydrogens is 320 g/mol. The number of carboxylic acids is 1. The van der Waals surface area contributed by atoms with Crippen LogP contribution >= 0.6 is 0 Å². The van der Waals surface area contributed by atoms with Crippen molar-refractivity contribution in [1.29, 1.82) is 0 Å². The molecule has 0 fully saturated rings. The average molecular weight is 344 g/mol. The van der Waals surface area contributed by atoms with Gasteiger partial charge in [0.15, 0.2) is 0 Å². The molecular formula is C19H24N2O4. The fourth-order valence-electron chi connectivity index (χ4n) is 3.72. The Balaban J connectivity index is 1.99. The standard InChI is InChI=1S/C19H24N2O4/c1-19(14(18(23)24)8-9-16(22)21(2)3)17-13(10-11-25-19)12-6-4-5-7-15(12)20-17/h4-7,14,20H,8-11H2,1-3H3,(H,23,24). The molecule has 0 bridgehead atoms. The Kier molecular flexibility index (Phi) is 4.56. The minimum absolute atomic E-state index is 0.0810. The number of carbonyl (C=O) groups excluding carboxylic acids is 1. The number of fused-ring (bicyclic) bond motifs is 3. The number of aromatic amines is 1. The number of ether oxygens (including phenoxy) is 1. The molecule has 1 aliphatic rings. The molecule has 6 nitrogen and oxygen atoms in total. The van der Waals surface area contributed by atoms with Crippen LogP contribution in [0, 0.1) is 5.92 Å². The van der Waals surface area contributed by atoms with Crippen LogP contribution in [-0.4, -0.2) is 47.6 Å². The molecule has 2 heterocycles. The van der Waals surface area contributed by atoms with E-state index in [4.69, 9.17) is 4.74 Å². The summed E-state index contributed by atoms with van der Waals surface area (Å²) in [6.07, 6.45) is 1.16. The van der Waals surface area contributed by atoms with E-state index in [0.717, 1.165) is 28.6 Å². The fraction of sp³-hybridized carbons (Fsp3) is 0.474. The Morgan fingerprint density at radius 2 is 2.08 bits per heavy atom. The minimum atomic E-state index is -0.981. The third-order valence-electron chi connectivity index (χ3n) is 5.17. The molecule has 0 radical (unpaired) electrons. The summed E-state index contributed by atoms with van der Waals surface area (Å²) < 4.78 is 6.00. The Labute approximate surface area is 146 Å². The second-order valence-corrected chi connectivity index (χ2v) is 6.95. The maximum atomic E-state index is 12.0. The zero-order valence-corrected chi connectivity index (χ0v) is 14.8. The van der Waals surface area contributed by atoms with Gasteiger partial charge in [-0.05, 0) is 31.4 Å². The van der Waals surface area contributed by atoms with Crippen LogP contribution in [0.3, 0.4) is 0 Å². The summed E-state index contributed by atoms with van der Waals surface area (Å²) in [5.74, 6) is -1.83. The van der Waals surface area contributed by atoms with Crippen molar-refractivity contribution < 1.29 is 19.4 Å². The first kappa shape index (κ1) is 17.5. The lowest BCUT2D eigenvalue weighted by Gasteiger charge is -2.38. The first-order valence-electron chi connectivity index (χ1n) is 8.51. The van der Waals surface area contributed by atoms with Gasteiger partial charge in [0.05, 0.1) is 18.2 Å². The average Bonchev–Trinajstić information content (AvgIpc) is 2.95. The van der Waals surface area contributed by atoms with E-state index in [0.29, 0.717) is 6.61 Å². The summed E-state index contributed by atoms with van der Waals surface area (Å²) in [6, 6.07) is 7.96. The van der Waals surface area contributed by atoms with Crippen molar-refractivity contribution in [2.75, 3.05) is 20.7 Å². The zero-order chi connectivity index (χ0) is 18.2. The van der Waals surface area contributed by atoms with Gasteiger partial charge in [-0.3, -0.25) is 9.59 Å². The van der Waals surface area contributed by atoms with Gasteiger partial charge in [0.2, 0.25) is 5.91 Å². The summed E-state index contributed by atoms with van der Waals surface area (Å²) in [6.45, 7) is 2.29. The highest BCUT2D eigenvalue weighted by molar-refractivity contribution is 5.86. The third-order valence-corrected chi connectivity index (χ3v) is 5.17. The van der Waals surface area contributed by atoms with Crippen LogP contribution in [0.2, 0.25) is 0 Å². The maximum absolute atomic E-state index is 12.0. The van der Waals surface area contributed by atoms with Gasteiger partial charge >= 0.3 is 5.97 Å². The van der Waals surface area contributed by atoms with Crippen molar-refractivity contribution in [3.63, 3.8) is 0 Å². The molecule has 1 amide bonds. The van der Waals surface area contributed by atoms with Gasteiger partial charge in [-0.25, -0.2) is 0 Å². The van der Waals surface area contributed by atoms with Gasteiger partial charge in [0.1, 0.15) is 5.60 Å². The van der Waals surface area contributed by atoms with Crippen molar-refractivity contribution in [2.45, 2.75) is 31.8 Å². The predicted molar refractivity (Wildman–Crippen MR) is 94.4 cm³/mol. The van der Waals surface area contributed by atoms with Crippen LogP contribution in [0.1, 0.15) is 31.0 Å². The lowest BCUT2D eigenvalue weighted by molar-refractivity contribution is -0.161. The molecule has 1 aromatic carbocycles. The van der Waals surface area contributed by atoms with E-state index in [9.17, 15) is 14.7 Å². The van der Waals surface area contributed by atoms with Crippen molar-refractivity contribution in [2.24, 2.45) is 5.92 Å². The number of aliphatic carboxylic acids is 1. The van der Waals surface area contributed by atoms with Crippen LogP contribution in [0.15, 0.2) is 24.3 Å². The van der Waals surface area contributed by atoms with Gasteiger partial charge in [-0.15, -0.1) is 0 Å². The van der Waals surface area contributed by atoms with E-state index in [2.05, 4.69) is 4.98 Å². The largest absolute Gasteiger partial charge is 0.481 e. The Hall–Kier alpha value is -2.34. The number of H-pyrrole nitrogens is 1. The second kappa shape index (κ2) is 6.52. The predicted octanol–water partition coefficient (Wildman–Crippen LogP) is 2.53. The Morgan fingerprint density at radius 1 is 1.36 bits per heavy atom. The third kappa shape index (κ3) is 3.02. The summed E-state index contributed by atoms with van der Waals surface area (Å²) >= 11 is 0. The number of rotatable bonds is 5. The zero-order valence-electron chi connectivity index (χ0n) is 14.8. The molecule has 25 heavy (non-hydrogen) atoms. The number of benzene rings is 1. The molecule has 134 valence electrons. The summed E-state index contributed by atoms with van der Waals surface area (Å²) in [5, 5.41) is 10.9. The molecule has 2 N–H and O–H groups in total. The van der Waals surface area contributed by atoms with Gasteiger partial charge in [0.25, 0.3) is 0 Å². The first-order chi connectivity index (χ1) is 11.8. The number of aromatic nitrogens is 1. The lowest BCUT2D eigenvalue weighted by atomic mass is 9.79. The van der Waals surface area contributed by atoms with Crippen LogP contribution in [0.5, 0.6) is 0 Å². The van der Waals surface area contributed by atoms with Crippen molar-refractivity contribution in [3.8, 4) is 0 Å². The first-order valence-corrected chi connectivity index (χ1v) is 8.51. The number of hydrogen-bond donors (Lipinski definition) is 2. The topological polar surface area (TPSA) is 82.6 Å². The Morgan fingerprint density at radius 3 is 2.76 bits per heavy atom. The second-order valence-electron chi connectivity index (χ2n) is 6.95. The fourth-order valence-corrected chi connectivity index (χ4v) is 3.72. The molecule has 0 saturated carbocycles. The molecule has 0 spiro atoms. The molecule has 1 aromatic heterocycles. The molecule has 2 atom stereocenters. The molecule has 6 heteroatoms. The highest BCUT2D eigenvalue weighted by atomic mass is 16.5. The van der Waals surface area contributed by atoms with E-state index < -0.39 is 17.5 Å². The van der Waals surface area contributed by atoms with Gasteiger partial charge in [0, 0.05) is 31.4 Å². The summed E-state index contributed by atoms with van der Waals surface area (Å²) in [7, 11) is 3.35. The lowest BCUT2D eigenvalue weighted by Crippen LogP contribution is -2.44. The molecule has 0 saturated heterocycles. The number of para-hydroxylation sites is 1. The van der Waals surface area contributed by atoms with E-state index >= 15 is 0 Å². The molecule has 2 unspecified atom stereocenters. The van der Waals surface area contributed by atoms with Crippen LogP contribution in [-0.2, 0) is 26.3 Å². The van der Waals surface area contributed by atoms with Gasteiger partial charge < -0.3 is 19.7 Å². The van der Waals surface area contributed by atoms with Crippen molar-refractivity contribution in [3.05, 3.63) is 35.5 Å². The quantitative estimate of drug-likeness (QED) is 0.873. The number of hydrogen-bond acceptors (Lipinski definition) is 3. The maximum Gasteiger partial charge on any atom is 0.309 e.